The Labute approximate surface area is 182 Å². The molecule has 4 aliphatic rings. The number of benzene rings is 1. The lowest BCUT2D eigenvalue weighted by molar-refractivity contribution is -0.126. The number of nitrogens with one attached hydrogen (secondary N) is 1. The molecule has 0 saturated heterocycles. The number of amides is 1. The first-order valence-electron chi connectivity index (χ1n) is 11.3. The second kappa shape index (κ2) is 7.66. The molecule has 1 N–H and O–H groups in total. The van der Waals surface area contributed by atoms with Crippen LogP contribution in [0.5, 0.6) is 0 Å². The van der Waals surface area contributed by atoms with Gasteiger partial charge >= 0.3 is 0 Å². The lowest BCUT2D eigenvalue weighted by atomic mass is 9.53. The van der Waals surface area contributed by atoms with Crippen LogP contribution in [0.15, 0.2) is 29.4 Å². The van der Waals surface area contributed by atoms with Crippen LogP contribution in [0, 0.1) is 17.8 Å². The first-order valence-corrected chi connectivity index (χ1v) is 12.2. The highest BCUT2D eigenvalue weighted by atomic mass is 32.2. The zero-order chi connectivity index (χ0) is 20.9. The molecule has 1 aromatic carbocycles. The molecule has 30 heavy (non-hydrogen) atoms. The Morgan fingerprint density at radius 2 is 1.67 bits per heavy atom. The Bertz CT molecular complexity index is 887. The zero-order valence-corrected chi connectivity index (χ0v) is 18.9. The molecule has 0 spiro atoms. The second-order valence-electron chi connectivity index (χ2n) is 10.1. The highest BCUT2D eigenvalue weighted by Gasteiger charge is 2.51. The predicted octanol–water partition coefficient (Wildman–Crippen LogP) is 4.35. The number of carbonyl (C=O) groups is 1. The van der Waals surface area contributed by atoms with Crippen LogP contribution < -0.4 is 5.32 Å². The van der Waals surface area contributed by atoms with E-state index in [2.05, 4.69) is 46.8 Å². The van der Waals surface area contributed by atoms with Crippen molar-refractivity contribution in [3.63, 3.8) is 0 Å². The summed E-state index contributed by atoms with van der Waals surface area (Å²) in [6.45, 7) is 6.32. The Hall–Kier alpha value is -1.89. The van der Waals surface area contributed by atoms with Crippen molar-refractivity contribution in [3.8, 4) is 5.69 Å². The Kier molecular flexibility index (Phi) is 5.12. The van der Waals surface area contributed by atoms with Crippen LogP contribution in [0.2, 0.25) is 0 Å². The molecule has 160 valence electrons. The highest BCUT2D eigenvalue weighted by molar-refractivity contribution is 8.00. The van der Waals surface area contributed by atoms with E-state index >= 15 is 0 Å². The van der Waals surface area contributed by atoms with Crippen LogP contribution >= 0.6 is 11.8 Å². The fourth-order valence-corrected chi connectivity index (χ4v) is 7.06. The van der Waals surface area contributed by atoms with E-state index in [9.17, 15) is 4.79 Å². The summed E-state index contributed by atoms with van der Waals surface area (Å²) in [6, 6.07) is 8.30. The van der Waals surface area contributed by atoms with Gasteiger partial charge < -0.3 is 5.32 Å². The summed E-state index contributed by atoms with van der Waals surface area (Å²) in [4.78, 5) is 13.1. The van der Waals surface area contributed by atoms with Crippen molar-refractivity contribution in [3.05, 3.63) is 29.8 Å². The smallest absolute Gasteiger partial charge is 0.233 e. The van der Waals surface area contributed by atoms with Gasteiger partial charge in [-0.2, -0.15) is 4.68 Å². The third-order valence-corrected chi connectivity index (χ3v) is 8.36. The van der Waals surface area contributed by atoms with E-state index in [1.807, 2.05) is 19.1 Å². The quantitative estimate of drug-likeness (QED) is 0.697. The Morgan fingerprint density at radius 1 is 1.07 bits per heavy atom. The fraction of sp³-hybridized carbons (Fsp3) is 0.652. The molecule has 4 saturated carbocycles. The summed E-state index contributed by atoms with van der Waals surface area (Å²) in [6.07, 6.45) is 7.64. The van der Waals surface area contributed by atoms with Gasteiger partial charge in [0, 0.05) is 5.54 Å². The van der Waals surface area contributed by atoms with Gasteiger partial charge in [0.2, 0.25) is 11.1 Å². The molecule has 0 aliphatic heterocycles. The van der Waals surface area contributed by atoms with Gasteiger partial charge in [0.05, 0.1) is 10.9 Å². The Morgan fingerprint density at radius 3 is 2.23 bits per heavy atom. The number of hydrogen-bond acceptors (Lipinski definition) is 5. The summed E-state index contributed by atoms with van der Waals surface area (Å²) >= 11 is 1.43. The van der Waals surface area contributed by atoms with Crippen molar-refractivity contribution in [1.82, 2.24) is 25.5 Å². The number of tetrazole rings is 1. The molecular weight excluding hydrogens is 394 g/mol. The maximum atomic E-state index is 13.1. The van der Waals surface area contributed by atoms with E-state index in [0.29, 0.717) is 11.1 Å². The lowest BCUT2D eigenvalue weighted by Crippen LogP contribution is -2.60. The Balaban J connectivity index is 1.26. The molecule has 1 aromatic heterocycles. The fourth-order valence-electron chi connectivity index (χ4n) is 6.25. The maximum absolute atomic E-state index is 13.1. The van der Waals surface area contributed by atoms with Gasteiger partial charge in [-0.05, 0) is 97.2 Å². The molecule has 1 heterocycles. The summed E-state index contributed by atoms with van der Waals surface area (Å²) < 4.78 is 1.73. The SMILES string of the molecule is CC(C)c1ccc(-n2nnnc2S[C@@H](C)C(=O)NC23CC4CC(CC(C4)C2)C3)cc1. The molecule has 6 nitrogen and oxygen atoms in total. The van der Waals surface area contributed by atoms with Crippen molar-refractivity contribution >= 4 is 17.7 Å². The third kappa shape index (κ3) is 3.77. The van der Waals surface area contributed by atoms with Crippen molar-refractivity contribution in [2.75, 3.05) is 0 Å². The zero-order valence-electron chi connectivity index (χ0n) is 18.0. The lowest BCUT2D eigenvalue weighted by Gasteiger charge is -2.57. The average Bonchev–Trinajstić information content (AvgIpc) is 3.14. The third-order valence-electron chi connectivity index (χ3n) is 7.32. The number of hydrogen-bond donors (Lipinski definition) is 1. The second-order valence-corrected chi connectivity index (χ2v) is 11.4. The van der Waals surface area contributed by atoms with E-state index in [1.165, 1.54) is 55.9 Å². The van der Waals surface area contributed by atoms with Gasteiger partial charge in [0.1, 0.15) is 0 Å². The van der Waals surface area contributed by atoms with Crippen molar-refractivity contribution in [1.29, 1.82) is 0 Å². The summed E-state index contributed by atoms with van der Waals surface area (Å²) in [5.41, 5.74) is 2.24. The maximum Gasteiger partial charge on any atom is 0.233 e. The molecule has 1 amide bonds. The van der Waals surface area contributed by atoms with Crippen LogP contribution in [-0.4, -0.2) is 36.9 Å². The standard InChI is InChI=1S/C23H31N5OS/c1-14(2)19-4-6-20(7-5-19)28-22(25-26-27-28)30-15(3)21(29)24-23-11-16-8-17(12-23)10-18(9-16)13-23/h4-7,14-18H,8-13H2,1-3H3,(H,24,29)/t15-,16?,17?,18?,23?/m0/s1. The molecule has 1 atom stereocenters. The van der Waals surface area contributed by atoms with Crippen LogP contribution in [0.1, 0.15) is 70.8 Å². The average molecular weight is 426 g/mol. The topological polar surface area (TPSA) is 72.7 Å². The number of rotatable bonds is 6. The normalized spacial score (nSPS) is 30.6. The molecule has 4 bridgehead atoms. The minimum Gasteiger partial charge on any atom is -0.350 e. The van der Waals surface area contributed by atoms with Gasteiger partial charge in [0.15, 0.2) is 0 Å². The molecule has 2 aromatic rings. The van der Waals surface area contributed by atoms with Crippen LogP contribution in [0.4, 0.5) is 0 Å². The van der Waals surface area contributed by atoms with E-state index in [4.69, 9.17) is 0 Å². The molecule has 0 radical (unpaired) electrons. The minimum atomic E-state index is -0.238. The minimum absolute atomic E-state index is 0.0409. The molecule has 4 fully saturated rings. The van der Waals surface area contributed by atoms with E-state index < -0.39 is 0 Å². The number of aromatic nitrogens is 4. The highest BCUT2D eigenvalue weighted by Crippen LogP contribution is 2.55. The molecular formula is C23H31N5OS. The van der Waals surface area contributed by atoms with Crippen LogP contribution in [0.25, 0.3) is 5.69 Å². The van der Waals surface area contributed by atoms with Gasteiger partial charge in [-0.15, -0.1) is 5.10 Å². The summed E-state index contributed by atoms with van der Waals surface area (Å²) in [7, 11) is 0. The van der Waals surface area contributed by atoms with Crippen molar-refractivity contribution in [2.24, 2.45) is 17.8 Å². The van der Waals surface area contributed by atoms with E-state index in [1.54, 1.807) is 4.68 Å². The van der Waals surface area contributed by atoms with Crippen molar-refractivity contribution < 1.29 is 4.79 Å². The first-order chi connectivity index (χ1) is 14.4. The molecule has 0 unspecified atom stereocenters. The van der Waals surface area contributed by atoms with E-state index in [-0.39, 0.29) is 16.7 Å². The number of carbonyl (C=O) groups excluding carboxylic acids is 1. The van der Waals surface area contributed by atoms with Gasteiger partial charge in [-0.25, -0.2) is 0 Å². The van der Waals surface area contributed by atoms with Crippen molar-refractivity contribution in [2.45, 2.75) is 81.2 Å². The first kappa shape index (κ1) is 20.0. The summed E-state index contributed by atoms with van der Waals surface area (Å²) in [5.74, 6) is 3.06. The van der Waals surface area contributed by atoms with Gasteiger partial charge in [-0.1, -0.05) is 37.7 Å². The predicted molar refractivity (Wildman–Crippen MR) is 118 cm³/mol. The number of thioether (sulfide) groups is 1. The molecule has 7 heteroatoms. The largest absolute Gasteiger partial charge is 0.350 e. The summed E-state index contributed by atoms with van der Waals surface area (Å²) in [5, 5.41) is 16.1. The molecule has 6 rings (SSSR count). The van der Waals surface area contributed by atoms with Crippen LogP contribution in [-0.2, 0) is 4.79 Å². The monoisotopic (exact) mass is 425 g/mol. The van der Waals surface area contributed by atoms with Gasteiger partial charge in [0.25, 0.3) is 0 Å². The molecule has 4 aliphatic carbocycles. The van der Waals surface area contributed by atoms with E-state index in [0.717, 1.165) is 23.4 Å². The van der Waals surface area contributed by atoms with Crippen LogP contribution in [0.3, 0.4) is 0 Å². The van der Waals surface area contributed by atoms with Gasteiger partial charge in [-0.3, -0.25) is 4.79 Å². The number of nitrogens with zero attached hydrogens (tertiary/aromatic N) is 4.